The molecule has 2 aromatic rings. The van der Waals surface area contributed by atoms with Gasteiger partial charge in [-0.05, 0) is 36.3 Å². The summed E-state index contributed by atoms with van der Waals surface area (Å²) < 4.78 is 13.0. The smallest absolute Gasteiger partial charge is 0.323 e. The van der Waals surface area contributed by atoms with Gasteiger partial charge in [-0.15, -0.1) is 0 Å². The predicted octanol–water partition coefficient (Wildman–Crippen LogP) is 1.57. The van der Waals surface area contributed by atoms with Crippen LogP contribution in [0.2, 0.25) is 0 Å². The highest BCUT2D eigenvalue weighted by molar-refractivity contribution is 5.94. The molecular weight excluding hydrogens is 504 g/mol. The first-order valence-electron chi connectivity index (χ1n) is 13.5. The zero-order valence-corrected chi connectivity index (χ0v) is 23.0. The van der Waals surface area contributed by atoms with Crippen LogP contribution >= 0.6 is 0 Å². The number of rotatable bonds is 8. The van der Waals surface area contributed by atoms with Crippen LogP contribution in [0.25, 0.3) is 5.52 Å². The Bertz CT molecular complexity index is 1200. The molecule has 0 bridgehead atoms. The van der Waals surface area contributed by atoms with Crippen molar-refractivity contribution in [1.82, 2.24) is 14.6 Å². The molecule has 5 atom stereocenters. The van der Waals surface area contributed by atoms with Gasteiger partial charge in [0.15, 0.2) is 11.4 Å². The molecule has 39 heavy (non-hydrogen) atoms. The number of carbonyl (C=O) groups is 2. The van der Waals surface area contributed by atoms with Crippen LogP contribution < -0.4 is 11.1 Å². The van der Waals surface area contributed by atoms with E-state index in [1.807, 2.05) is 20.8 Å². The Morgan fingerprint density at radius 3 is 2.69 bits per heavy atom. The number of anilines is 1. The van der Waals surface area contributed by atoms with Gasteiger partial charge in [0.05, 0.1) is 5.69 Å². The maximum absolute atomic E-state index is 12.8. The summed E-state index contributed by atoms with van der Waals surface area (Å²) in [5.41, 5.74) is 4.71. The Morgan fingerprint density at radius 2 is 2.03 bits per heavy atom. The van der Waals surface area contributed by atoms with Gasteiger partial charge >= 0.3 is 5.97 Å². The van der Waals surface area contributed by atoms with Crippen molar-refractivity contribution in [3.63, 3.8) is 0 Å². The summed E-state index contributed by atoms with van der Waals surface area (Å²) in [4.78, 5) is 33.6. The van der Waals surface area contributed by atoms with Gasteiger partial charge in [-0.3, -0.25) is 14.6 Å². The van der Waals surface area contributed by atoms with Crippen LogP contribution in [0.5, 0.6) is 0 Å². The van der Waals surface area contributed by atoms with E-state index >= 15 is 0 Å². The molecule has 1 saturated heterocycles. The maximum Gasteiger partial charge on any atom is 0.323 e. The summed E-state index contributed by atoms with van der Waals surface area (Å²) in [6, 6.07) is 2.50. The third kappa shape index (κ3) is 5.98. The zero-order valence-electron chi connectivity index (χ0n) is 23.0. The molecule has 1 saturated carbocycles. The number of nitrogens with one attached hydrogen (secondary N) is 1. The van der Waals surface area contributed by atoms with Crippen molar-refractivity contribution in [3.05, 3.63) is 24.2 Å². The summed E-state index contributed by atoms with van der Waals surface area (Å²) >= 11 is 0. The van der Waals surface area contributed by atoms with E-state index in [2.05, 4.69) is 20.4 Å². The van der Waals surface area contributed by atoms with E-state index in [4.69, 9.17) is 15.2 Å². The molecule has 1 aliphatic heterocycles. The van der Waals surface area contributed by atoms with E-state index in [1.165, 1.54) is 30.5 Å². The van der Waals surface area contributed by atoms with E-state index in [9.17, 15) is 19.8 Å². The fourth-order valence-corrected chi connectivity index (χ4v) is 5.33. The molecule has 1 amide bonds. The highest BCUT2D eigenvalue weighted by Crippen LogP contribution is 2.40. The summed E-state index contributed by atoms with van der Waals surface area (Å²) in [5, 5.41) is 29.3. The number of esters is 1. The normalized spacial score (nSPS) is 27.2. The molecule has 2 aliphatic rings. The minimum atomic E-state index is -1.61. The molecule has 5 N–H and O–H groups in total. The van der Waals surface area contributed by atoms with Crippen LogP contribution in [-0.4, -0.2) is 80.9 Å². The Labute approximate surface area is 228 Å². The van der Waals surface area contributed by atoms with E-state index in [-0.39, 0.29) is 12.5 Å². The van der Waals surface area contributed by atoms with E-state index in [0.717, 1.165) is 25.7 Å². The number of aliphatic hydroxyl groups is 2. The lowest BCUT2D eigenvalue weighted by atomic mass is 9.87. The number of aromatic nitrogens is 3. The molecule has 0 unspecified atom stereocenters. The Balaban J connectivity index is 1.56. The first-order chi connectivity index (χ1) is 18.5. The molecule has 3 heterocycles. The number of ether oxygens (including phenoxy) is 2. The van der Waals surface area contributed by atoms with Gasteiger partial charge < -0.3 is 30.7 Å². The fourth-order valence-electron chi connectivity index (χ4n) is 5.33. The van der Waals surface area contributed by atoms with Crippen LogP contribution in [0.4, 0.5) is 5.82 Å². The number of amides is 1. The minimum absolute atomic E-state index is 0.113. The minimum Gasteiger partial charge on any atom is -0.462 e. The number of carbonyl (C=O) groups excluding carboxylic acids is 2. The van der Waals surface area contributed by atoms with Crippen molar-refractivity contribution < 1.29 is 29.3 Å². The number of nitrogens with two attached hydrogens (primary N) is 1. The average molecular weight is 545 g/mol. The van der Waals surface area contributed by atoms with Crippen LogP contribution in [0, 0.1) is 11.3 Å². The van der Waals surface area contributed by atoms with Gasteiger partial charge in [-0.25, -0.2) is 9.50 Å². The molecule has 12 heteroatoms. The van der Waals surface area contributed by atoms with Gasteiger partial charge in [0.25, 0.3) is 0 Å². The molecule has 0 spiro atoms. The van der Waals surface area contributed by atoms with Crippen molar-refractivity contribution >= 4 is 29.4 Å². The van der Waals surface area contributed by atoms with Crippen molar-refractivity contribution in [2.75, 3.05) is 19.0 Å². The van der Waals surface area contributed by atoms with Crippen molar-refractivity contribution in [2.45, 2.75) is 89.3 Å². The van der Waals surface area contributed by atoms with Crippen molar-refractivity contribution in [2.24, 2.45) is 22.1 Å². The summed E-state index contributed by atoms with van der Waals surface area (Å²) in [6.45, 7) is 5.14. The van der Waals surface area contributed by atoms with Crippen LogP contribution in [0.1, 0.15) is 65.0 Å². The number of hydrogen-bond acceptors (Lipinski definition) is 10. The van der Waals surface area contributed by atoms with E-state index in [0.29, 0.717) is 29.4 Å². The first-order valence-corrected chi connectivity index (χ1v) is 13.5. The van der Waals surface area contributed by atoms with Gasteiger partial charge in [-0.1, -0.05) is 40.0 Å². The Kier molecular flexibility index (Phi) is 8.69. The Morgan fingerprint density at radius 1 is 1.31 bits per heavy atom. The molecule has 0 radical (unpaired) electrons. The quantitative estimate of drug-likeness (QED) is 0.284. The lowest BCUT2D eigenvalue weighted by molar-refractivity contribution is -0.154. The molecule has 214 valence electrons. The van der Waals surface area contributed by atoms with Crippen LogP contribution in [-0.2, 0) is 24.7 Å². The standard InChI is InChI=1S/C27H40N6O6/c1-26(2,3)22(28)25(37)38-13-18-21(35)23(36)27(39-18,14-29-4)19-11-10-17-24(30-15-31-33(17)19)32-20(34)12-16-8-6-5-7-9-16/h10-11,14-16,18,21-23,35-36H,5-9,12-13,28H2,1-4H3,(H,30,31,32,34)/t18-,21-,22-,23-,27+/m1/s1. The van der Waals surface area contributed by atoms with Gasteiger partial charge in [0, 0.05) is 19.7 Å². The second-order valence-corrected chi connectivity index (χ2v) is 11.6. The lowest BCUT2D eigenvalue weighted by Crippen LogP contribution is -2.45. The van der Waals surface area contributed by atoms with Gasteiger partial charge in [0.1, 0.15) is 42.8 Å². The summed E-state index contributed by atoms with van der Waals surface area (Å²) in [5.74, 6) is -0.0484. The molecule has 12 nitrogen and oxygen atoms in total. The largest absolute Gasteiger partial charge is 0.462 e. The Hall–Kier alpha value is -2.93. The van der Waals surface area contributed by atoms with Crippen LogP contribution in [0.3, 0.4) is 0 Å². The number of nitrogens with zero attached hydrogens (tertiary/aromatic N) is 4. The zero-order chi connectivity index (χ0) is 28.4. The summed E-state index contributed by atoms with van der Waals surface area (Å²) in [7, 11) is 1.52. The third-order valence-corrected chi connectivity index (χ3v) is 7.70. The predicted molar refractivity (Wildman–Crippen MR) is 144 cm³/mol. The number of aliphatic hydroxyl groups excluding tert-OH is 2. The first kappa shape index (κ1) is 29.1. The second-order valence-electron chi connectivity index (χ2n) is 11.6. The van der Waals surface area contributed by atoms with Crippen molar-refractivity contribution in [1.29, 1.82) is 0 Å². The molecule has 1 aliphatic carbocycles. The molecule has 2 aromatic heterocycles. The van der Waals surface area contributed by atoms with E-state index < -0.39 is 41.3 Å². The van der Waals surface area contributed by atoms with Gasteiger partial charge in [0.2, 0.25) is 5.91 Å². The molecular formula is C27H40N6O6. The summed E-state index contributed by atoms with van der Waals surface area (Å²) in [6.07, 6.45) is 4.82. The lowest BCUT2D eigenvalue weighted by Gasteiger charge is -2.28. The highest BCUT2D eigenvalue weighted by atomic mass is 16.6. The number of hydrogen-bond donors (Lipinski definition) is 4. The third-order valence-electron chi connectivity index (χ3n) is 7.70. The topological polar surface area (TPSA) is 174 Å². The molecule has 0 aromatic carbocycles. The number of aliphatic imine (C=N–C) groups is 1. The molecule has 2 fully saturated rings. The monoisotopic (exact) mass is 544 g/mol. The SMILES string of the molecule is CN=C[C@@]1(c2ccc3c(NC(=O)CC4CCCCC4)ncnn23)O[C@H](COC(=O)[C@@H](N)C(C)(C)C)[C@@H](O)[C@H]1O. The van der Waals surface area contributed by atoms with Crippen LogP contribution in [0.15, 0.2) is 23.5 Å². The average Bonchev–Trinajstić information content (AvgIpc) is 3.43. The van der Waals surface area contributed by atoms with Crippen molar-refractivity contribution in [3.8, 4) is 0 Å². The van der Waals surface area contributed by atoms with E-state index in [1.54, 1.807) is 12.1 Å². The fraction of sp³-hybridized carbons (Fsp3) is 0.667. The van der Waals surface area contributed by atoms with Gasteiger partial charge in [-0.2, -0.15) is 5.10 Å². The number of fused-ring (bicyclic) bond motifs is 1. The molecule has 4 rings (SSSR count). The maximum atomic E-state index is 12.8. The highest BCUT2D eigenvalue weighted by Gasteiger charge is 2.56. The second kappa shape index (κ2) is 11.7.